The molecule has 1 saturated heterocycles. The van der Waals surface area contributed by atoms with E-state index < -0.39 is 36.5 Å². The molecular formula is C9H10FN5O4S. The average molecular weight is 303 g/mol. The summed E-state index contributed by atoms with van der Waals surface area (Å²) in [6.07, 6.45) is -4.37. The van der Waals surface area contributed by atoms with Crippen LogP contribution >= 0.6 is 12.2 Å². The minimum Gasteiger partial charge on any atom is -0.393 e. The molecule has 0 aromatic carbocycles. The monoisotopic (exact) mass is 303 g/mol. The summed E-state index contributed by atoms with van der Waals surface area (Å²) in [7, 11) is 0. The molecule has 0 spiro atoms. The highest BCUT2D eigenvalue weighted by molar-refractivity contribution is 7.71. The lowest BCUT2D eigenvalue weighted by Crippen LogP contribution is -2.43. The number of azide groups is 1. The predicted molar refractivity (Wildman–Crippen MR) is 65.9 cm³/mol. The number of halogens is 1. The van der Waals surface area contributed by atoms with Gasteiger partial charge in [0.1, 0.15) is 10.7 Å². The van der Waals surface area contributed by atoms with Crippen molar-refractivity contribution in [2.24, 2.45) is 5.11 Å². The second-order valence-electron chi connectivity index (χ2n) is 4.11. The van der Waals surface area contributed by atoms with Crippen LogP contribution in [0.15, 0.2) is 22.2 Å². The van der Waals surface area contributed by atoms with Crippen molar-refractivity contribution in [1.82, 2.24) is 9.55 Å². The number of aromatic amines is 1. The van der Waals surface area contributed by atoms with E-state index in [1.165, 1.54) is 12.3 Å². The van der Waals surface area contributed by atoms with Gasteiger partial charge in [0.25, 0.3) is 0 Å². The number of nitrogens with zero attached hydrogens (tertiary/aromatic N) is 4. The number of alkyl halides is 1. The van der Waals surface area contributed by atoms with Crippen molar-refractivity contribution in [3.8, 4) is 0 Å². The first kappa shape index (κ1) is 14.6. The van der Waals surface area contributed by atoms with E-state index in [9.17, 15) is 19.4 Å². The van der Waals surface area contributed by atoms with Gasteiger partial charge in [0, 0.05) is 11.1 Å². The summed E-state index contributed by atoms with van der Waals surface area (Å²) in [5.74, 6) is 0. The van der Waals surface area contributed by atoms with Crippen molar-refractivity contribution in [2.45, 2.75) is 24.2 Å². The van der Waals surface area contributed by atoms with Crippen LogP contribution in [0.4, 0.5) is 4.39 Å². The lowest BCUT2D eigenvalue weighted by molar-refractivity contribution is -0.124. The molecule has 0 aliphatic carbocycles. The highest BCUT2D eigenvalue weighted by atomic mass is 32.1. The Bertz CT molecular complexity index is 671. The minimum absolute atomic E-state index is 0.142. The van der Waals surface area contributed by atoms with Crippen LogP contribution in [0, 0.1) is 4.64 Å². The van der Waals surface area contributed by atoms with Crippen LogP contribution < -0.4 is 5.69 Å². The van der Waals surface area contributed by atoms with Gasteiger partial charge in [-0.15, -0.1) is 0 Å². The molecule has 108 valence electrons. The zero-order valence-corrected chi connectivity index (χ0v) is 10.7. The SMILES string of the molecule is [N-]=[N+]=N[C@]1(CO)O[C@@H](n2ccc(=S)[nH]c2=O)[C@@H](F)C1O. The zero-order chi connectivity index (χ0) is 14.9. The molecule has 20 heavy (non-hydrogen) atoms. The fourth-order valence-electron chi connectivity index (χ4n) is 1.91. The summed E-state index contributed by atoms with van der Waals surface area (Å²) in [4.78, 5) is 16.4. The van der Waals surface area contributed by atoms with Crippen molar-refractivity contribution < 1.29 is 19.3 Å². The van der Waals surface area contributed by atoms with Gasteiger partial charge < -0.3 is 14.9 Å². The first-order chi connectivity index (χ1) is 9.45. The Labute approximate surface area is 115 Å². The average Bonchev–Trinajstić information content (AvgIpc) is 2.65. The molecule has 1 unspecified atom stereocenters. The topological polar surface area (TPSA) is 136 Å². The van der Waals surface area contributed by atoms with Crippen LogP contribution in [0.2, 0.25) is 0 Å². The fraction of sp³-hybridized carbons (Fsp3) is 0.556. The minimum atomic E-state index is -2.18. The molecule has 1 fully saturated rings. The predicted octanol–water partition coefficient (Wildman–Crippen LogP) is 0.133. The molecule has 1 aliphatic heterocycles. The maximum atomic E-state index is 14.1. The van der Waals surface area contributed by atoms with Crippen LogP contribution in [-0.4, -0.2) is 44.4 Å². The molecule has 0 radical (unpaired) electrons. The van der Waals surface area contributed by atoms with Gasteiger partial charge >= 0.3 is 5.69 Å². The van der Waals surface area contributed by atoms with E-state index in [-0.39, 0.29) is 4.64 Å². The standard InChI is InChI=1S/C9H10FN5O4S/c10-5-6(17)9(3-16,13-14-11)19-7(5)15-2-1-4(20)12-8(15)18/h1-2,5-7,16-17H,3H2,(H,12,18,20)/t5-,6?,7+,9+/m0/s1. The van der Waals surface area contributed by atoms with Crippen LogP contribution in [0.5, 0.6) is 0 Å². The molecule has 2 rings (SSSR count). The maximum Gasteiger partial charge on any atom is 0.328 e. The number of hydrogen-bond donors (Lipinski definition) is 3. The Hall–Kier alpha value is -1.78. The summed E-state index contributed by atoms with van der Waals surface area (Å²) in [6, 6.07) is 1.33. The first-order valence-electron chi connectivity index (χ1n) is 5.44. The lowest BCUT2D eigenvalue weighted by atomic mass is 10.1. The summed E-state index contributed by atoms with van der Waals surface area (Å²) in [6.45, 7) is -0.938. The lowest BCUT2D eigenvalue weighted by Gasteiger charge is -2.23. The third kappa shape index (κ3) is 2.21. The van der Waals surface area contributed by atoms with E-state index in [4.69, 9.17) is 22.5 Å². The van der Waals surface area contributed by atoms with Crippen LogP contribution in [0.25, 0.3) is 10.4 Å². The van der Waals surface area contributed by atoms with E-state index in [1.54, 1.807) is 0 Å². The number of aliphatic hydroxyl groups is 2. The summed E-state index contributed by atoms with van der Waals surface area (Å²) < 4.78 is 20.1. The van der Waals surface area contributed by atoms with Crippen molar-refractivity contribution in [3.05, 3.63) is 37.8 Å². The summed E-state index contributed by atoms with van der Waals surface area (Å²) >= 11 is 4.74. The van der Waals surface area contributed by atoms with Crippen molar-refractivity contribution in [2.75, 3.05) is 6.61 Å². The Morgan fingerprint density at radius 2 is 2.45 bits per heavy atom. The summed E-state index contributed by atoms with van der Waals surface area (Å²) in [5, 5.41) is 22.0. The molecule has 2 heterocycles. The first-order valence-corrected chi connectivity index (χ1v) is 5.84. The molecule has 0 amide bonds. The van der Waals surface area contributed by atoms with Gasteiger partial charge in [0.2, 0.25) is 5.72 Å². The molecule has 0 bridgehead atoms. The van der Waals surface area contributed by atoms with Gasteiger partial charge in [0.05, 0.1) is 6.61 Å². The van der Waals surface area contributed by atoms with Crippen LogP contribution in [-0.2, 0) is 4.74 Å². The smallest absolute Gasteiger partial charge is 0.328 e. The van der Waals surface area contributed by atoms with Gasteiger partial charge in [0.15, 0.2) is 12.4 Å². The van der Waals surface area contributed by atoms with E-state index in [0.717, 1.165) is 4.57 Å². The molecule has 9 nitrogen and oxygen atoms in total. The molecule has 4 atom stereocenters. The number of aromatic nitrogens is 2. The Balaban J connectivity index is 2.47. The quantitative estimate of drug-likeness (QED) is 0.315. The van der Waals surface area contributed by atoms with Gasteiger partial charge in [-0.25, -0.2) is 9.18 Å². The number of nitrogens with one attached hydrogen (secondary N) is 1. The molecular weight excluding hydrogens is 293 g/mol. The third-order valence-electron chi connectivity index (χ3n) is 2.93. The summed E-state index contributed by atoms with van der Waals surface area (Å²) in [5.41, 5.74) is 5.49. The van der Waals surface area contributed by atoms with Crippen LogP contribution in [0.1, 0.15) is 6.23 Å². The van der Waals surface area contributed by atoms with Gasteiger partial charge in [-0.2, -0.15) is 0 Å². The second-order valence-corrected chi connectivity index (χ2v) is 4.55. The molecule has 1 aromatic heterocycles. The van der Waals surface area contributed by atoms with Crippen molar-refractivity contribution >= 4 is 12.2 Å². The number of rotatable bonds is 3. The van der Waals surface area contributed by atoms with Crippen molar-refractivity contribution in [1.29, 1.82) is 0 Å². The number of aliphatic hydroxyl groups excluding tert-OH is 2. The molecule has 11 heteroatoms. The highest BCUT2D eigenvalue weighted by Crippen LogP contribution is 2.39. The Morgan fingerprint density at radius 1 is 1.75 bits per heavy atom. The number of hydrogen-bond acceptors (Lipinski definition) is 6. The van der Waals surface area contributed by atoms with E-state index in [0.29, 0.717) is 0 Å². The molecule has 1 aromatic rings. The van der Waals surface area contributed by atoms with Gasteiger partial charge in [-0.05, 0) is 11.6 Å². The van der Waals surface area contributed by atoms with Crippen molar-refractivity contribution in [3.63, 3.8) is 0 Å². The normalized spacial score (nSPS) is 32.9. The number of ether oxygens (including phenoxy) is 1. The Kier molecular flexibility index (Phi) is 3.88. The van der Waals surface area contributed by atoms with E-state index in [1.807, 2.05) is 0 Å². The van der Waals surface area contributed by atoms with E-state index in [2.05, 4.69) is 15.0 Å². The molecule has 3 N–H and O–H groups in total. The van der Waals surface area contributed by atoms with Gasteiger partial charge in [-0.3, -0.25) is 9.55 Å². The molecule has 1 aliphatic rings. The fourth-order valence-corrected chi connectivity index (χ4v) is 2.06. The number of H-pyrrole nitrogens is 1. The largest absolute Gasteiger partial charge is 0.393 e. The highest BCUT2D eigenvalue weighted by Gasteiger charge is 2.56. The zero-order valence-electron chi connectivity index (χ0n) is 9.88. The maximum absolute atomic E-state index is 14.1. The second kappa shape index (κ2) is 5.31. The van der Waals surface area contributed by atoms with Gasteiger partial charge in [-0.1, -0.05) is 17.3 Å². The third-order valence-corrected chi connectivity index (χ3v) is 3.17. The van der Waals surface area contributed by atoms with Crippen LogP contribution in [0.3, 0.4) is 0 Å². The Morgan fingerprint density at radius 3 is 3.00 bits per heavy atom. The molecule has 0 saturated carbocycles. The van der Waals surface area contributed by atoms with E-state index >= 15 is 0 Å².